The number of carboxylic acids is 3. The molecule has 0 spiro atoms. The highest BCUT2D eigenvalue weighted by molar-refractivity contribution is 6.37. The molecule has 0 aromatic heterocycles. The van der Waals surface area contributed by atoms with Gasteiger partial charge >= 0.3 is 17.9 Å². The molecule has 0 heterocycles. The van der Waals surface area contributed by atoms with Gasteiger partial charge in [-0.15, -0.1) is 0 Å². The molecule has 0 bridgehead atoms. The third-order valence-electron chi connectivity index (χ3n) is 10.2. The Balaban J connectivity index is 2.54. The number of nitrogens with two attached hydrogens (primary N) is 1. The number of unbranched alkanes of at least 4 members (excludes halogenated alkanes) is 1. The van der Waals surface area contributed by atoms with Gasteiger partial charge in [0.2, 0.25) is 41.2 Å². The largest absolute Gasteiger partial charge is 0.481 e. The molecular weight excluding hydrogens is 863 g/mol. The molecule has 21 heteroatoms. The van der Waals surface area contributed by atoms with Gasteiger partial charge in [0.15, 0.2) is 0 Å². The van der Waals surface area contributed by atoms with E-state index in [2.05, 4.69) is 31.9 Å². The molecule has 360 valence electrons. The second-order valence-corrected chi connectivity index (χ2v) is 16.8. The molecule has 2 aromatic rings. The van der Waals surface area contributed by atoms with E-state index in [9.17, 15) is 63.0 Å². The maximum Gasteiger partial charge on any atom is 0.305 e. The lowest BCUT2D eigenvalue weighted by Crippen LogP contribution is -2.62. The third kappa shape index (κ3) is 19.3. The number of aliphatic carboxylic acids is 3. The fraction of sp³-hybridized carbons (Fsp3) is 0.489. The van der Waals surface area contributed by atoms with Crippen LogP contribution in [0.5, 0.6) is 0 Å². The molecule has 66 heavy (non-hydrogen) atoms. The van der Waals surface area contributed by atoms with E-state index in [1.807, 2.05) is 6.92 Å². The molecule has 0 radical (unpaired) electrons. The average Bonchev–Trinajstić information content (AvgIpc) is 3.23. The van der Waals surface area contributed by atoms with Gasteiger partial charge in [0.05, 0.1) is 18.9 Å². The highest BCUT2D eigenvalue weighted by Crippen LogP contribution is 2.21. The van der Waals surface area contributed by atoms with E-state index >= 15 is 0 Å². The van der Waals surface area contributed by atoms with Gasteiger partial charge in [-0.1, -0.05) is 95.1 Å². The van der Waals surface area contributed by atoms with E-state index in [1.165, 1.54) is 0 Å². The van der Waals surface area contributed by atoms with Crippen LogP contribution < -0.4 is 37.6 Å². The highest BCUT2D eigenvalue weighted by Gasteiger charge is 2.39. The van der Waals surface area contributed by atoms with Crippen LogP contribution in [0.4, 0.5) is 0 Å². The third-order valence-corrected chi connectivity index (χ3v) is 10.2. The molecule has 6 atom stereocenters. The van der Waals surface area contributed by atoms with Crippen molar-refractivity contribution >= 4 is 65.0 Å². The molecule has 0 aliphatic rings. The number of rotatable bonds is 28. The standard InChI is InChI=1S/C45H61N7O14/c1-6-7-17-28(37(60)39(46)61)48-41(63)30(22-26-14-9-8-10-15-26)51-44(66)38(45(3,4)5)52-43(65)31(23-27-16-12-11-13-25(27)2)50-40(62)29(18-20-34(54)55)49-42(64)32(24-36(58)59)47-33(53)19-21-35(56)57/h8-16,28-32,38H,6-7,17-24H2,1-5H3,(H2,46,61)(H,47,53)(H,48,63)(H,49,64)(H,50,62)(H,51,66)(H,52,65)(H,54,55)(H,56,57)(H,58,59)/t28?,29-,30-,31-,32-,38+/m0/s1. The molecule has 21 nitrogen and oxygen atoms in total. The molecule has 2 rings (SSSR count). The Labute approximate surface area is 381 Å². The Kier molecular flexibility index (Phi) is 22.1. The molecule has 0 aliphatic carbocycles. The van der Waals surface area contributed by atoms with Crippen LogP contribution in [0.2, 0.25) is 0 Å². The summed E-state index contributed by atoms with van der Waals surface area (Å²) in [5, 5.41) is 42.6. The van der Waals surface area contributed by atoms with Crippen molar-refractivity contribution in [3.05, 3.63) is 71.3 Å². The second kappa shape index (κ2) is 26.6. The Morgan fingerprint density at radius 1 is 0.561 bits per heavy atom. The number of hydrogen-bond acceptors (Lipinski definition) is 11. The number of aryl methyl sites for hydroxylation is 1. The topological polar surface area (TPSA) is 347 Å². The summed E-state index contributed by atoms with van der Waals surface area (Å²) in [6.45, 7) is 8.45. The zero-order chi connectivity index (χ0) is 49.7. The van der Waals surface area contributed by atoms with Crippen LogP contribution in [0.3, 0.4) is 0 Å². The van der Waals surface area contributed by atoms with Gasteiger partial charge in [-0.25, -0.2) is 0 Å². The summed E-state index contributed by atoms with van der Waals surface area (Å²) in [6.07, 6.45) is -2.59. The van der Waals surface area contributed by atoms with Crippen LogP contribution >= 0.6 is 0 Å². The summed E-state index contributed by atoms with van der Waals surface area (Å²) >= 11 is 0. The van der Waals surface area contributed by atoms with E-state index in [4.69, 9.17) is 10.8 Å². The number of hydrogen-bond donors (Lipinski definition) is 10. The van der Waals surface area contributed by atoms with Crippen LogP contribution in [-0.4, -0.2) is 117 Å². The number of carboxylic acid groups (broad SMARTS) is 3. The van der Waals surface area contributed by atoms with Crippen molar-refractivity contribution in [1.29, 1.82) is 0 Å². The molecule has 1 unspecified atom stereocenters. The van der Waals surface area contributed by atoms with Gasteiger partial charge in [-0.2, -0.15) is 0 Å². The van der Waals surface area contributed by atoms with Crippen molar-refractivity contribution < 1.29 is 68.1 Å². The quantitative estimate of drug-likeness (QED) is 0.0510. The van der Waals surface area contributed by atoms with Gasteiger partial charge < -0.3 is 53.0 Å². The Bertz CT molecular complexity index is 2090. The first-order valence-corrected chi connectivity index (χ1v) is 21.3. The number of amides is 7. The van der Waals surface area contributed by atoms with Gasteiger partial charge in [0.1, 0.15) is 30.2 Å². The Morgan fingerprint density at radius 3 is 1.64 bits per heavy atom. The minimum Gasteiger partial charge on any atom is -0.481 e. The van der Waals surface area contributed by atoms with Crippen LogP contribution in [-0.2, 0) is 65.6 Å². The molecule has 0 saturated heterocycles. The van der Waals surface area contributed by atoms with Crippen molar-refractivity contribution in [3.63, 3.8) is 0 Å². The van der Waals surface area contributed by atoms with Crippen molar-refractivity contribution in [1.82, 2.24) is 31.9 Å². The smallest absolute Gasteiger partial charge is 0.305 e. The van der Waals surface area contributed by atoms with Crippen LogP contribution in [0, 0.1) is 12.3 Å². The molecule has 0 fully saturated rings. The van der Waals surface area contributed by atoms with Crippen LogP contribution in [0.1, 0.15) is 95.8 Å². The lowest BCUT2D eigenvalue weighted by Gasteiger charge is -2.33. The number of carbonyl (C=O) groups is 11. The maximum atomic E-state index is 14.4. The Morgan fingerprint density at radius 2 is 1.08 bits per heavy atom. The number of carbonyl (C=O) groups excluding carboxylic acids is 8. The molecule has 7 amide bonds. The van der Waals surface area contributed by atoms with Gasteiger partial charge in [-0.3, -0.25) is 52.7 Å². The molecule has 2 aromatic carbocycles. The normalized spacial score (nSPS) is 13.8. The lowest BCUT2D eigenvalue weighted by atomic mass is 9.85. The van der Waals surface area contributed by atoms with E-state index < -0.39 is 139 Å². The summed E-state index contributed by atoms with van der Waals surface area (Å²) in [4.78, 5) is 141. The van der Waals surface area contributed by atoms with E-state index in [-0.39, 0.29) is 19.3 Å². The van der Waals surface area contributed by atoms with Gasteiger partial charge in [0.25, 0.3) is 5.91 Å². The van der Waals surface area contributed by atoms with Gasteiger partial charge in [-0.05, 0) is 41.9 Å². The second-order valence-electron chi connectivity index (χ2n) is 16.8. The lowest BCUT2D eigenvalue weighted by molar-refractivity contribution is -0.142. The molecular formula is C45H61N7O14. The predicted molar refractivity (Wildman–Crippen MR) is 236 cm³/mol. The average molecular weight is 924 g/mol. The minimum atomic E-state index is -1.82. The molecule has 0 saturated carbocycles. The van der Waals surface area contributed by atoms with E-state index in [1.54, 1.807) is 82.3 Å². The summed E-state index contributed by atoms with van der Waals surface area (Å²) in [6, 6.07) is 6.28. The molecule has 11 N–H and O–H groups in total. The fourth-order valence-corrected chi connectivity index (χ4v) is 6.57. The first-order valence-electron chi connectivity index (χ1n) is 21.3. The van der Waals surface area contributed by atoms with Gasteiger partial charge in [0, 0.05) is 25.7 Å². The van der Waals surface area contributed by atoms with Crippen LogP contribution in [0.15, 0.2) is 54.6 Å². The fourth-order valence-electron chi connectivity index (χ4n) is 6.57. The number of ketones is 1. The summed E-state index contributed by atoms with van der Waals surface area (Å²) in [5.41, 5.74) is 6.06. The van der Waals surface area contributed by atoms with Crippen molar-refractivity contribution in [2.24, 2.45) is 11.1 Å². The predicted octanol–water partition coefficient (Wildman–Crippen LogP) is 0.184. The summed E-state index contributed by atoms with van der Waals surface area (Å²) in [7, 11) is 0. The van der Waals surface area contributed by atoms with E-state index in [0.29, 0.717) is 29.5 Å². The zero-order valence-corrected chi connectivity index (χ0v) is 37.6. The summed E-state index contributed by atoms with van der Waals surface area (Å²) in [5.74, 6) is -12.4. The van der Waals surface area contributed by atoms with Crippen LogP contribution in [0.25, 0.3) is 0 Å². The first kappa shape index (κ1) is 54.9. The number of nitrogens with one attached hydrogen (secondary N) is 6. The molecule has 0 aliphatic heterocycles. The first-order chi connectivity index (χ1) is 30.9. The van der Waals surface area contributed by atoms with E-state index in [0.717, 1.165) is 0 Å². The number of benzene rings is 2. The number of Topliss-reactive ketones (excluding diaryl/α,β-unsaturated/α-hetero) is 1. The number of primary amides is 1. The highest BCUT2D eigenvalue weighted by atomic mass is 16.4. The maximum absolute atomic E-state index is 14.4. The Hall–Kier alpha value is -7.19. The zero-order valence-electron chi connectivity index (χ0n) is 37.6. The minimum absolute atomic E-state index is 0.0801. The monoisotopic (exact) mass is 923 g/mol. The SMILES string of the molecule is CCCCC(NC(=O)[C@H](Cc1ccccc1)NC(=O)[C@@H](NC(=O)[C@H](Cc1ccccc1C)NC(=O)[C@H](CCC(=O)O)NC(=O)[C@H](CC(=O)O)NC(=O)CCC(=O)O)C(C)(C)C)C(=O)C(N)=O. The van der Waals surface area contributed by atoms with Crippen molar-refractivity contribution in [2.75, 3.05) is 0 Å². The summed E-state index contributed by atoms with van der Waals surface area (Å²) < 4.78 is 0. The van der Waals surface area contributed by atoms with Crippen molar-refractivity contribution in [3.8, 4) is 0 Å². The van der Waals surface area contributed by atoms with Crippen molar-refractivity contribution in [2.45, 2.75) is 135 Å².